The molecule has 1 aliphatic heterocycles. The first kappa shape index (κ1) is 15.1. The van der Waals surface area contributed by atoms with Gasteiger partial charge >= 0.3 is 5.97 Å². The Hall–Kier alpha value is -1.34. The van der Waals surface area contributed by atoms with E-state index in [1.807, 2.05) is 24.0 Å². The highest BCUT2D eigenvalue weighted by atomic mass is 32.2. The lowest BCUT2D eigenvalue weighted by atomic mass is 10.2. The van der Waals surface area contributed by atoms with Crippen LogP contribution < -0.4 is 0 Å². The summed E-state index contributed by atoms with van der Waals surface area (Å²) in [6.07, 6.45) is 0.632. The Morgan fingerprint density at radius 3 is 2.75 bits per heavy atom. The van der Waals surface area contributed by atoms with Gasteiger partial charge in [-0.05, 0) is 12.1 Å². The zero-order valence-corrected chi connectivity index (χ0v) is 12.2. The minimum Gasteiger partial charge on any atom is -0.481 e. The second-order valence-electron chi connectivity index (χ2n) is 5.06. The van der Waals surface area contributed by atoms with Crippen molar-refractivity contribution >= 4 is 15.8 Å². The topological polar surface area (TPSA) is 87.8 Å². The Bertz CT molecular complexity index is 577. The van der Waals surface area contributed by atoms with E-state index in [0.29, 0.717) is 13.1 Å². The third-order valence-electron chi connectivity index (χ3n) is 3.49. The van der Waals surface area contributed by atoms with Crippen LogP contribution in [-0.2, 0) is 27.6 Å². The molecule has 0 spiro atoms. The van der Waals surface area contributed by atoms with Gasteiger partial charge in [0.1, 0.15) is 11.5 Å². The largest absolute Gasteiger partial charge is 0.481 e. The SMILES string of the molecule is CCc1ccc(CN2CCS(=O)(=O)CC2CC(=O)O)o1. The second-order valence-corrected chi connectivity index (χ2v) is 7.29. The number of nitrogens with zero attached hydrogens (tertiary/aromatic N) is 1. The van der Waals surface area contributed by atoms with Gasteiger partial charge in [0.25, 0.3) is 0 Å². The molecule has 1 saturated heterocycles. The van der Waals surface area contributed by atoms with E-state index in [1.165, 1.54) is 0 Å². The van der Waals surface area contributed by atoms with Crippen molar-refractivity contribution in [3.63, 3.8) is 0 Å². The Labute approximate surface area is 118 Å². The summed E-state index contributed by atoms with van der Waals surface area (Å²) in [4.78, 5) is 12.8. The molecule has 0 aromatic carbocycles. The monoisotopic (exact) mass is 301 g/mol. The summed E-state index contributed by atoms with van der Waals surface area (Å²) < 4.78 is 28.9. The van der Waals surface area contributed by atoms with Gasteiger partial charge in [0.05, 0.1) is 24.5 Å². The molecular weight excluding hydrogens is 282 g/mol. The first-order valence-corrected chi connectivity index (χ1v) is 8.45. The minimum atomic E-state index is -3.14. The molecule has 2 heterocycles. The van der Waals surface area contributed by atoms with Crippen molar-refractivity contribution < 1.29 is 22.7 Å². The summed E-state index contributed by atoms with van der Waals surface area (Å²) in [5.41, 5.74) is 0. The molecule has 2 rings (SSSR count). The van der Waals surface area contributed by atoms with Crippen LogP contribution in [0.3, 0.4) is 0 Å². The van der Waals surface area contributed by atoms with Crippen LogP contribution >= 0.6 is 0 Å². The number of aliphatic carboxylic acids is 1. The van der Waals surface area contributed by atoms with Gasteiger partial charge in [0.2, 0.25) is 0 Å². The molecule has 1 fully saturated rings. The number of rotatable bonds is 5. The molecule has 1 aliphatic rings. The van der Waals surface area contributed by atoms with E-state index in [-0.39, 0.29) is 17.9 Å². The predicted octanol–water partition coefficient (Wildman–Crippen LogP) is 0.916. The van der Waals surface area contributed by atoms with Crippen molar-refractivity contribution in [3.05, 3.63) is 23.7 Å². The summed E-state index contributed by atoms with van der Waals surface area (Å²) in [6.45, 7) is 2.79. The maximum atomic E-state index is 11.6. The number of carbonyl (C=O) groups is 1. The smallest absolute Gasteiger partial charge is 0.304 e. The van der Waals surface area contributed by atoms with Crippen LogP contribution in [0.15, 0.2) is 16.5 Å². The Morgan fingerprint density at radius 1 is 1.45 bits per heavy atom. The average Bonchev–Trinajstić information content (AvgIpc) is 2.79. The van der Waals surface area contributed by atoms with Crippen LogP contribution in [0.25, 0.3) is 0 Å². The lowest BCUT2D eigenvalue weighted by Crippen LogP contribution is -2.48. The van der Waals surface area contributed by atoms with Gasteiger partial charge in [-0.25, -0.2) is 8.42 Å². The lowest BCUT2D eigenvalue weighted by Gasteiger charge is -2.33. The van der Waals surface area contributed by atoms with Gasteiger partial charge < -0.3 is 9.52 Å². The van der Waals surface area contributed by atoms with Gasteiger partial charge in [0.15, 0.2) is 9.84 Å². The van der Waals surface area contributed by atoms with Crippen LogP contribution in [-0.4, -0.2) is 48.5 Å². The normalized spacial score (nSPS) is 22.8. The minimum absolute atomic E-state index is 0.0739. The van der Waals surface area contributed by atoms with Crippen LogP contribution in [0.2, 0.25) is 0 Å². The maximum absolute atomic E-state index is 11.6. The van der Waals surface area contributed by atoms with Crippen LogP contribution in [0.1, 0.15) is 24.9 Å². The Kier molecular flexibility index (Phi) is 4.49. The zero-order chi connectivity index (χ0) is 14.8. The van der Waals surface area contributed by atoms with Gasteiger partial charge in [-0.3, -0.25) is 9.69 Å². The molecule has 0 radical (unpaired) electrons. The van der Waals surface area contributed by atoms with Crippen LogP contribution in [0.5, 0.6) is 0 Å². The van der Waals surface area contributed by atoms with Crippen LogP contribution in [0.4, 0.5) is 0 Å². The molecular formula is C13H19NO5S. The van der Waals surface area contributed by atoms with E-state index >= 15 is 0 Å². The van der Waals surface area contributed by atoms with E-state index in [9.17, 15) is 13.2 Å². The Balaban J connectivity index is 2.09. The highest BCUT2D eigenvalue weighted by molar-refractivity contribution is 7.91. The van der Waals surface area contributed by atoms with E-state index in [2.05, 4.69) is 0 Å². The molecule has 20 heavy (non-hydrogen) atoms. The van der Waals surface area contributed by atoms with Gasteiger partial charge in [-0.1, -0.05) is 6.92 Å². The summed E-state index contributed by atoms with van der Waals surface area (Å²) in [5, 5.41) is 8.92. The molecule has 0 aliphatic carbocycles. The average molecular weight is 301 g/mol. The molecule has 1 atom stereocenters. The Morgan fingerprint density at radius 2 is 2.15 bits per heavy atom. The molecule has 1 aromatic rings. The number of hydrogen-bond donors (Lipinski definition) is 1. The highest BCUT2D eigenvalue weighted by Gasteiger charge is 2.32. The second kappa shape index (κ2) is 5.97. The molecule has 6 nitrogen and oxygen atoms in total. The molecule has 0 amide bonds. The first-order valence-electron chi connectivity index (χ1n) is 6.63. The third-order valence-corrected chi connectivity index (χ3v) is 5.18. The summed E-state index contributed by atoms with van der Waals surface area (Å²) in [5.74, 6) is 0.618. The van der Waals surface area contributed by atoms with Crippen molar-refractivity contribution in [1.82, 2.24) is 4.90 Å². The fourth-order valence-electron chi connectivity index (χ4n) is 2.42. The van der Waals surface area contributed by atoms with E-state index in [4.69, 9.17) is 9.52 Å². The number of carboxylic acids is 1. The summed E-state index contributed by atoms with van der Waals surface area (Å²) >= 11 is 0. The molecule has 0 bridgehead atoms. The van der Waals surface area contributed by atoms with E-state index in [1.54, 1.807) is 0 Å². The van der Waals surface area contributed by atoms with E-state index < -0.39 is 21.8 Å². The fraction of sp³-hybridized carbons (Fsp3) is 0.615. The van der Waals surface area contributed by atoms with Crippen molar-refractivity contribution in [2.24, 2.45) is 0 Å². The van der Waals surface area contributed by atoms with Gasteiger partial charge in [-0.2, -0.15) is 0 Å². The molecule has 1 aromatic heterocycles. The number of aryl methyl sites for hydroxylation is 1. The molecule has 0 saturated carbocycles. The van der Waals surface area contributed by atoms with E-state index in [0.717, 1.165) is 17.9 Å². The molecule has 1 unspecified atom stereocenters. The summed E-state index contributed by atoms with van der Waals surface area (Å²) in [6, 6.07) is 3.27. The number of hydrogen-bond acceptors (Lipinski definition) is 5. The van der Waals surface area contributed by atoms with Gasteiger partial charge in [-0.15, -0.1) is 0 Å². The lowest BCUT2D eigenvalue weighted by molar-refractivity contribution is -0.138. The number of furan rings is 1. The fourth-order valence-corrected chi connectivity index (χ4v) is 4.01. The number of carboxylic acid groups (broad SMARTS) is 1. The maximum Gasteiger partial charge on any atom is 0.304 e. The van der Waals surface area contributed by atoms with Crippen molar-refractivity contribution in [2.45, 2.75) is 32.4 Å². The standard InChI is InChI=1S/C13H19NO5S/c1-2-11-3-4-12(19-11)8-14-5-6-20(17,18)9-10(14)7-13(15)16/h3-4,10H,2,5-9H2,1H3,(H,15,16). The van der Waals surface area contributed by atoms with Crippen molar-refractivity contribution in [2.75, 3.05) is 18.1 Å². The predicted molar refractivity (Wildman–Crippen MR) is 73.2 cm³/mol. The third kappa shape index (κ3) is 3.83. The number of sulfone groups is 1. The van der Waals surface area contributed by atoms with Crippen LogP contribution in [0, 0.1) is 0 Å². The molecule has 1 N–H and O–H groups in total. The first-order chi connectivity index (χ1) is 9.39. The van der Waals surface area contributed by atoms with Crippen molar-refractivity contribution in [3.8, 4) is 0 Å². The summed E-state index contributed by atoms with van der Waals surface area (Å²) in [7, 11) is -3.14. The van der Waals surface area contributed by atoms with Gasteiger partial charge in [0, 0.05) is 19.0 Å². The molecule has 112 valence electrons. The quantitative estimate of drug-likeness (QED) is 0.870. The zero-order valence-electron chi connectivity index (χ0n) is 11.4. The molecule has 7 heteroatoms. The highest BCUT2D eigenvalue weighted by Crippen LogP contribution is 2.19. The van der Waals surface area contributed by atoms with Crippen molar-refractivity contribution in [1.29, 1.82) is 0 Å².